The molecule has 4 rings (SSSR count). The molecule has 1 spiro atoms. The molecule has 2 aromatic carbocycles. The summed E-state index contributed by atoms with van der Waals surface area (Å²) in [6.45, 7) is 5.05. The van der Waals surface area contributed by atoms with E-state index in [2.05, 4.69) is 10.6 Å². The summed E-state index contributed by atoms with van der Waals surface area (Å²) in [5.41, 5.74) is 1.05. The fraction of sp³-hybridized carbons (Fsp3) is 0.182. The Morgan fingerprint density at radius 2 is 2.00 bits per heavy atom. The van der Waals surface area contributed by atoms with Crippen LogP contribution in [0.4, 0.5) is 17.1 Å². The average Bonchev–Trinajstić information content (AvgIpc) is 3.00. The van der Waals surface area contributed by atoms with E-state index in [1.165, 1.54) is 12.1 Å². The van der Waals surface area contributed by atoms with Gasteiger partial charge in [-0.1, -0.05) is 24.3 Å². The number of fused-ring (bicyclic) bond motifs is 3. The molecule has 0 aliphatic carbocycles. The van der Waals surface area contributed by atoms with Crippen LogP contribution in [0.15, 0.2) is 53.6 Å². The van der Waals surface area contributed by atoms with E-state index in [0.717, 1.165) is 0 Å². The van der Waals surface area contributed by atoms with Gasteiger partial charge < -0.3 is 15.4 Å². The van der Waals surface area contributed by atoms with Crippen LogP contribution in [0.25, 0.3) is 6.08 Å². The number of allylic oxidation sites excluding steroid dienone is 1. The molecule has 0 radical (unpaired) electrons. The van der Waals surface area contributed by atoms with Crippen LogP contribution in [0.1, 0.15) is 31.9 Å². The summed E-state index contributed by atoms with van der Waals surface area (Å²) >= 11 is 0. The number of anilines is 2. The number of hydrogen-bond acceptors (Lipinski definition) is 5. The number of amides is 2. The fourth-order valence-electron chi connectivity index (χ4n) is 3.74. The van der Waals surface area contributed by atoms with Gasteiger partial charge in [0.25, 0.3) is 17.5 Å². The van der Waals surface area contributed by atoms with E-state index in [1.807, 2.05) is 12.1 Å². The van der Waals surface area contributed by atoms with Crippen LogP contribution in [0, 0.1) is 10.1 Å². The van der Waals surface area contributed by atoms with Crippen LogP contribution in [-0.4, -0.2) is 16.7 Å². The molecule has 2 aliphatic rings. The highest BCUT2D eigenvalue weighted by Crippen LogP contribution is 2.50. The summed E-state index contributed by atoms with van der Waals surface area (Å²) in [7, 11) is 0. The summed E-state index contributed by atoms with van der Waals surface area (Å²) in [4.78, 5) is 36.4. The molecule has 0 saturated heterocycles. The van der Waals surface area contributed by atoms with Crippen LogP contribution in [-0.2, 0) is 15.2 Å². The number of nitrogens with one attached hydrogen (secondary N) is 2. The molecule has 1 atom stereocenters. The van der Waals surface area contributed by atoms with Gasteiger partial charge in [0.1, 0.15) is 11.4 Å². The predicted octanol–water partition coefficient (Wildman–Crippen LogP) is 4.14. The highest BCUT2D eigenvalue weighted by molar-refractivity contribution is 6.10. The lowest BCUT2D eigenvalue weighted by molar-refractivity contribution is -0.384. The van der Waals surface area contributed by atoms with Crippen molar-refractivity contribution in [2.75, 3.05) is 10.6 Å². The highest BCUT2D eigenvalue weighted by atomic mass is 16.6. The van der Waals surface area contributed by atoms with Gasteiger partial charge in [0, 0.05) is 28.5 Å². The monoisotopic (exact) mass is 405 g/mol. The van der Waals surface area contributed by atoms with Gasteiger partial charge in [-0.05, 0) is 44.6 Å². The van der Waals surface area contributed by atoms with Crippen molar-refractivity contribution < 1.29 is 19.2 Å². The van der Waals surface area contributed by atoms with E-state index in [9.17, 15) is 19.7 Å². The van der Waals surface area contributed by atoms with E-state index in [0.29, 0.717) is 28.0 Å². The normalized spacial score (nSPS) is 19.4. The van der Waals surface area contributed by atoms with Gasteiger partial charge in [0.2, 0.25) is 5.60 Å². The molecule has 8 heteroatoms. The first-order chi connectivity index (χ1) is 14.3. The third-order valence-electron chi connectivity index (χ3n) is 5.46. The van der Waals surface area contributed by atoms with Crippen LogP contribution in [0.2, 0.25) is 0 Å². The van der Waals surface area contributed by atoms with Crippen LogP contribution >= 0.6 is 0 Å². The molecule has 2 amide bonds. The Kier molecular flexibility index (Phi) is 4.42. The molecule has 0 saturated carbocycles. The molecule has 30 heavy (non-hydrogen) atoms. The zero-order valence-electron chi connectivity index (χ0n) is 16.6. The number of carbonyl (C=O) groups is 2. The average molecular weight is 405 g/mol. The summed E-state index contributed by atoms with van der Waals surface area (Å²) in [6.07, 6.45) is 3.27. The van der Waals surface area contributed by atoms with E-state index >= 15 is 0 Å². The van der Waals surface area contributed by atoms with Gasteiger partial charge in [-0.2, -0.15) is 0 Å². The topological polar surface area (TPSA) is 111 Å². The Morgan fingerprint density at radius 3 is 2.70 bits per heavy atom. The number of rotatable bonds is 3. The summed E-state index contributed by atoms with van der Waals surface area (Å²) in [5.74, 6) is -0.521. The first-order valence-corrected chi connectivity index (χ1v) is 9.34. The number of para-hydroxylation sites is 1. The smallest absolute Gasteiger partial charge is 0.293 e. The zero-order chi connectivity index (χ0) is 21.6. The first-order valence-electron chi connectivity index (χ1n) is 9.34. The number of ether oxygens (including phenoxy) is 1. The zero-order valence-corrected chi connectivity index (χ0v) is 16.6. The molecule has 2 N–H and O–H groups in total. The van der Waals surface area contributed by atoms with Crippen molar-refractivity contribution in [1.29, 1.82) is 0 Å². The highest BCUT2D eigenvalue weighted by Gasteiger charge is 2.52. The number of hydrogen-bond donors (Lipinski definition) is 2. The van der Waals surface area contributed by atoms with Crippen molar-refractivity contribution in [3.05, 3.63) is 74.9 Å². The van der Waals surface area contributed by atoms with Crippen LogP contribution < -0.4 is 15.4 Å². The second-order valence-electron chi connectivity index (χ2n) is 7.16. The SMILES string of the molecule is CC=C(C)C(=O)Nc1c([N+](=O)[O-])ccc2c1C=C(C)C1(O2)C(=O)Nc2ccccc21. The van der Waals surface area contributed by atoms with Crippen molar-refractivity contribution in [3.8, 4) is 5.75 Å². The quantitative estimate of drug-likeness (QED) is 0.453. The first kappa shape index (κ1) is 19.4. The number of carbonyl (C=O) groups excluding carboxylic acids is 2. The Balaban J connectivity index is 1.89. The summed E-state index contributed by atoms with van der Waals surface area (Å²) in [5, 5.41) is 17.0. The van der Waals surface area contributed by atoms with Crippen molar-refractivity contribution in [2.24, 2.45) is 0 Å². The minimum atomic E-state index is -1.36. The van der Waals surface area contributed by atoms with Crippen molar-refractivity contribution >= 4 is 35.0 Å². The molecule has 8 nitrogen and oxygen atoms in total. The van der Waals surface area contributed by atoms with Crippen LogP contribution in [0.5, 0.6) is 5.75 Å². The Morgan fingerprint density at radius 1 is 1.27 bits per heavy atom. The number of nitrogens with zero attached hydrogens (tertiary/aromatic N) is 1. The van der Waals surface area contributed by atoms with E-state index < -0.39 is 16.4 Å². The van der Waals surface area contributed by atoms with Gasteiger partial charge in [-0.25, -0.2) is 0 Å². The Bertz CT molecular complexity index is 1180. The van der Waals surface area contributed by atoms with Crippen molar-refractivity contribution in [3.63, 3.8) is 0 Å². The number of benzene rings is 2. The Hall–Kier alpha value is -3.94. The maximum Gasteiger partial charge on any atom is 0.293 e. The van der Waals surface area contributed by atoms with E-state index in [4.69, 9.17) is 4.74 Å². The van der Waals surface area contributed by atoms with Crippen molar-refractivity contribution in [1.82, 2.24) is 0 Å². The lowest BCUT2D eigenvalue weighted by atomic mass is 9.84. The third kappa shape index (κ3) is 2.68. The van der Waals surface area contributed by atoms with Gasteiger partial charge in [-0.15, -0.1) is 0 Å². The molecular formula is C22H19N3O5. The standard InChI is InChI=1S/C22H19N3O5/c1-4-12(2)20(26)24-19-14-11-13(3)22(30-18(14)10-9-17(19)25(28)29)15-7-5-6-8-16(15)23-21(22)27/h4-11H,1-3H3,(H,23,27)(H,24,26). The van der Waals surface area contributed by atoms with Crippen LogP contribution in [0.3, 0.4) is 0 Å². The summed E-state index contributed by atoms with van der Waals surface area (Å²) in [6, 6.07) is 9.93. The number of nitro groups is 1. The molecule has 1 unspecified atom stereocenters. The maximum absolute atomic E-state index is 12.9. The molecule has 152 valence electrons. The molecule has 2 heterocycles. The molecular weight excluding hydrogens is 386 g/mol. The molecule has 2 aromatic rings. The minimum absolute atomic E-state index is 0.0320. The van der Waals surface area contributed by atoms with Gasteiger partial charge in [0.05, 0.1) is 4.92 Å². The van der Waals surface area contributed by atoms with E-state index in [-0.39, 0.29) is 23.0 Å². The second-order valence-corrected chi connectivity index (χ2v) is 7.16. The third-order valence-corrected chi connectivity index (χ3v) is 5.46. The Labute approximate surface area is 172 Å². The van der Waals surface area contributed by atoms with Crippen molar-refractivity contribution in [2.45, 2.75) is 26.4 Å². The van der Waals surface area contributed by atoms with Gasteiger partial charge in [0.15, 0.2) is 0 Å². The molecule has 0 fully saturated rings. The summed E-state index contributed by atoms with van der Waals surface area (Å²) < 4.78 is 6.21. The number of nitro benzene ring substituents is 1. The molecule has 0 aromatic heterocycles. The lowest BCUT2D eigenvalue weighted by Crippen LogP contribution is -2.43. The largest absolute Gasteiger partial charge is 0.467 e. The maximum atomic E-state index is 12.9. The van der Waals surface area contributed by atoms with E-state index in [1.54, 1.807) is 45.1 Å². The molecule has 2 aliphatic heterocycles. The molecule has 0 bridgehead atoms. The predicted molar refractivity (Wildman–Crippen MR) is 112 cm³/mol. The lowest BCUT2D eigenvalue weighted by Gasteiger charge is -2.34. The van der Waals surface area contributed by atoms with Gasteiger partial charge >= 0.3 is 0 Å². The van der Waals surface area contributed by atoms with Gasteiger partial charge in [-0.3, -0.25) is 19.7 Å². The minimum Gasteiger partial charge on any atom is -0.467 e. The second kappa shape index (κ2) is 6.84. The fourth-order valence-corrected chi connectivity index (χ4v) is 3.74.